The van der Waals surface area contributed by atoms with Crippen LogP contribution in [0.15, 0.2) is 40.5 Å². The molecule has 0 radical (unpaired) electrons. The van der Waals surface area contributed by atoms with Gasteiger partial charge in [-0.2, -0.15) is 0 Å². The number of amidine groups is 1. The zero-order chi connectivity index (χ0) is 18.8. The molecule has 6 nitrogen and oxygen atoms in total. The van der Waals surface area contributed by atoms with Gasteiger partial charge in [-0.1, -0.05) is 29.8 Å². The molecule has 142 valence electrons. The van der Waals surface area contributed by atoms with Gasteiger partial charge in [0.05, 0.1) is 24.4 Å². The van der Waals surface area contributed by atoms with Crippen molar-refractivity contribution in [2.45, 2.75) is 19.6 Å². The Bertz CT molecular complexity index is 930. The van der Waals surface area contributed by atoms with Gasteiger partial charge < -0.3 is 10.1 Å². The summed E-state index contributed by atoms with van der Waals surface area (Å²) in [4.78, 5) is 4.79. The number of hydrogen-bond donors (Lipinski definition) is 3. The van der Waals surface area contributed by atoms with Crippen LogP contribution in [0, 0.1) is 0 Å². The smallest absolute Gasteiger partial charge is 0.156 e. The largest absolute Gasteiger partial charge is 0.372 e. The van der Waals surface area contributed by atoms with E-state index in [0.717, 1.165) is 40.3 Å². The Morgan fingerprint density at radius 3 is 3.07 bits per heavy atom. The zero-order valence-electron chi connectivity index (χ0n) is 15.1. The van der Waals surface area contributed by atoms with Crippen LogP contribution in [0.4, 0.5) is 0 Å². The molecule has 0 unspecified atom stereocenters. The highest BCUT2D eigenvalue weighted by Gasteiger charge is 2.22. The van der Waals surface area contributed by atoms with Crippen LogP contribution < -0.4 is 16.6 Å². The summed E-state index contributed by atoms with van der Waals surface area (Å²) in [6.45, 7) is 2.16. The number of halogens is 1. The van der Waals surface area contributed by atoms with Gasteiger partial charge in [-0.05, 0) is 48.0 Å². The minimum absolute atomic E-state index is 0.572. The third kappa shape index (κ3) is 3.79. The molecule has 2 aliphatic rings. The van der Waals surface area contributed by atoms with Crippen LogP contribution in [0.1, 0.15) is 23.1 Å². The lowest BCUT2D eigenvalue weighted by Gasteiger charge is -2.26. The number of hydrazine groups is 2. The quantitative estimate of drug-likeness (QED) is 0.508. The molecule has 0 aromatic heterocycles. The number of ether oxygens (including phenoxy) is 1. The topological polar surface area (TPSA) is 74.9 Å². The predicted octanol–water partition coefficient (Wildman–Crippen LogP) is 3.11. The van der Waals surface area contributed by atoms with Crippen LogP contribution in [0.25, 0.3) is 10.8 Å². The number of nitrogens with zero attached hydrogens (tertiary/aromatic N) is 2. The van der Waals surface area contributed by atoms with Crippen LogP contribution in [0.5, 0.6) is 0 Å². The van der Waals surface area contributed by atoms with Crippen molar-refractivity contribution in [2.24, 2.45) is 10.8 Å². The monoisotopic (exact) mass is 403 g/mol. The van der Waals surface area contributed by atoms with E-state index in [9.17, 15) is 0 Å². The summed E-state index contributed by atoms with van der Waals surface area (Å²) < 4.78 is 5.67. The highest BCUT2D eigenvalue weighted by Crippen LogP contribution is 2.36. The Hall–Kier alpha value is -1.77. The molecule has 2 heterocycles. The maximum Gasteiger partial charge on any atom is 0.156 e. The molecule has 27 heavy (non-hydrogen) atoms. The molecule has 2 aromatic carbocycles. The van der Waals surface area contributed by atoms with Gasteiger partial charge >= 0.3 is 0 Å². The molecule has 0 aliphatic carbocycles. The highest BCUT2D eigenvalue weighted by atomic mass is 35.5. The molecule has 8 heteroatoms. The average Bonchev–Trinajstić information content (AvgIpc) is 2.65. The van der Waals surface area contributed by atoms with E-state index in [1.54, 1.807) is 18.0 Å². The number of thioether (sulfide) groups is 1. The molecule has 0 spiro atoms. The van der Waals surface area contributed by atoms with Gasteiger partial charge in [0.25, 0.3) is 0 Å². The van der Waals surface area contributed by atoms with Crippen molar-refractivity contribution in [1.82, 2.24) is 15.9 Å². The number of nitrogens with one attached hydrogen (secondary N) is 2. The fourth-order valence-corrected chi connectivity index (χ4v) is 4.57. The number of rotatable bonds is 6. The first kappa shape index (κ1) is 18.6. The normalized spacial score (nSPS) is 16.2. The summed E-state index contributed by atoms with van der Waals surface area (Å²) in [5.74, 6) is 7.68. The van der Waals surface area contributed by atoms with E-state index in [1.807, 2.05) is 19.2 Å². The SMILES string of the molecule is CNCCCSC1=CN(N)NC(c2c(Cl)cc3c4c(cccc24)COC3)=N1. The summed E-state index contributed by atoms with van der Waals surface area (Å²) in [6.07, 6.45) is 2.85. The van der Waals surface area contributed by atoms with Gasteiger partial charge in [0.15, 0.2) is 5.84 Å². The second kappa shape index (κ2) is 8.08. The molecule has 0 bridgehead atoms. The van der Waals surface area contributed by atoms with Gasteiger partial charge in [0.2, 0.25) is 0 Å². The molecule has 2 aliphatic heterocycles. The standard InChI is InChI=1S/C19H22ClN5OS/c1-22-6-3-7-27-16-9-25(21)24-19(23-16)18-14-5-2-4-12-10-26-11-13(17(12)14)8-15(18)20/h2,4-5,8-9,22H,3,6-7,10-11,21H2,1H3,(H,23,24). The Morgan fingerprint density at radius 1 is 1.37 bits per heavy atom. The van der Waals surface area contributed by atoms with E-state index in [4.69, 9.17) is 27.2 Å². The van der Waals surface area contributed by atoms with Crippen molar-refractivity contribution in [3.05, 3.63) is 57.2 Å². The molecule has 2 aromatic rings. The number of hydrogen-bond acceptors (Lipinski definition) is 7. The van der Waals surface area contributed by atoms with Crippen LogP contribution in [0.2, 0.25) is 5.02 Å². The Balaban J connectivity index is 1.74. The molecule has 0 atom stereocenters. The number of aliphatic imine (C=N–C) groups is 1. The fourth-order valence-electron chi connectivity index (χ4n) is 3.40. The van der Waals surface area contributed by atoms with Crippen LogP contribution >= 0.6 is 23.4 Å². The predicted molar refractivity (Wildman–Crippen MR) is 112 cm³/mol. The van der Waals surface area contributed by atoms with E-state index >= 15 is 0 Å². The van der Waals surface area contributed by atoms with Crippen LogP contribution in [-0.4, -0.2) is 30.3 Å². The lowest BCUT2D eigenvalue weighted by atomic mass is 9.94. The minimum atomic E-state index is 0.572. The first-order valence-corrected chi connectivity index (χ1v) is 10.2. The number of benzene rings is 2. The summed E-state index contributed by atoms with van der Waals surface area (Å²) in [5, 5.41) is 8.37. The Labute approximate surface area is 167 Å². The van der Waals surface area contributed by atoms with Gasteiger partial charge in [-0.3, -0.25) is 5.43 Å². The third-order valence-electron chi connectivity index (χ3n) is 4.56. The van der Waals surface area contributed by atoms with Gasteiger partial charge in [0.1, 0.15) is 5.03 Å². The second-order valence-electron chi connectivity index (χ2n) is 6.48. The van der Waals surface area contributed by atoms with Crippen molar-refractivity contribution < 1.29 is 4.74 Å². The maximum absolute atomic E-state index is 6.67. The Morgan fingerprint density at radius 2 is 2.22 bits per heavy atom. The summed E-state index contributed by atoms with van der Waals surface area (Å²) in [5.41, 5.74) is 6.27. The lowest BCUT2D eigenvalue weighted by molar-refractivity contribution is 0.103. The van der Waals surface area contributed by atoms with Crippen molar-refractivity contribution in [3.8, 4) is 0 Å². The Kier molecular flexibility index (Phi) is 5.56. The average molecular weight is 404 g/mol. The molecule has 0 saturated carbocycles. The van der Waals surface area contributed by atoms with Gasteiger partial charge in [0, 0.05) is 11.3 Å². The zero-order valence-corrected chi connectivity index (χ0v) is 16.7. The van der Waals surface area contributed by atoms with Crippen LogP contribution in [0.3, 0.4) is 0 Å². The van der Waals surface area contributed by atoms with Gasteiger partial charge in [-0.15, -0.1) is 11.8 Å². The van der Waals surface area contributed by atoms with Crippen molar-refractivity contribution in [3.63, 3.8) is 0 Å². The van der Waals surface area contributed by atoms with E-state index < -0.39 is 0 Å². The highest BCUT2D eigenvalue weighted by molar-refractivity contribution is 8.03. The molecule has 0 fully saturated rings. The van der Waals surface area contributed by atoms with Crippen molar-refractivity contribution in [2.75, 3.05) is 19.3 Å². The van der Waals surface area contributed by atoms with E-state index in [0.29, 0.717) is 24.1 Å². The van der Waals surface area contributed by atoms with E-state index in [2.05, 4.69) is 22.9 Å². The third-order valence-corrected chi connectivity index (χ3v) is 5.84. The van der Waals surface area contributed by atoms with Crippen molar-refractivity contribution in [1.29, 1.82) is 0 Å². The molecule has 4 N–H and O–H groups in total. The van der Waals surface area contributed by atoms with Crippen molar-refractivity contribution >= 4 is 40.0 Å². The van der Waals surface area contributed by atoms with Gasteiger partial charge in [-0.25, -0.2) is 16.0 Å². The number of nitrogens with two attached hydrogens (primary N) is 1. The molecule has 4 rings (SSSR count). The van der Waals surface area contributed by atoms with E-state index in [-0.39, 0.29) is 0 Å². The second-order valence-corrected chi connectivity index (χ2v) is 8.00. The molecule has 0 amide bonds. The summed E-state index contributed by atoms with van der Waals surface area (Å²) in [7, 11) is 1.96. The lowest BCUT2D eigenvalue weighted by Crippen LogP contribution is -2.46. The fraction of sp³-hybridized carbons (Fsp3) is 0.316. The maximum atomic E-state index is 6.67. The minimum Gasteiger partial charge on any atom is -0.372 e. The van der Waals surface area contributed by atoms with E-state index in [1.165, 1.54) is 16.1 Å². The molecular weight excluding hydrogens is 382 g/mol. The first-order valence-electron chi connectivity index (χ1n) is 8.87. The first-order chi connectivity index (χ1) is 13.2. The molecular formula is C19H22ClN5OS. The van der Waals surface area contributed by atoms with Crippen LogP contribution in [-0.2, 0) is 18.0 Å². The molecule has 0 saturated heterocycles. The summed E-state index contributed by atoms with van der Waals surface area (Å²) in [6, 6.07) is 8.18. The summed E-state index contributed by atoms with van der Waals surface area (Å²) >= 11 is 8.35.